The fourth-order valence-electron chi connectivity index (χ4n) is 9.97. The van der Waals surface area contributed by atoms with Crippen LogP contribution >= 0.6 is 0 Å². The second-order valence-electron chi connectivity index (χ2n) is 17.3. The average Bonchev–Trinajstić information content (AvgIpc) is 3.37. The van der Waals surface area contributed by atoms with Crippen molar-refractivity contribution in [1.82, 2.24) is 4.90 Å². The van der Waals surface area contributed by atoms with Crippen LogP contribution in [0.25, 0.3) is 0 Å². The van der Waals surface area contributed by atoms with Crippen LogP contribution in [0.4, 0.5) is 10.5 Å². The van der Waals surface area contributed by atoms with E-state index in [4.69, 9.17) is 38.4 Å². The maximum atomic E-state index is 14.9. The summed E-state index contributed by atoms with van der Waals surface area (Å²) in [5.41, 5.74) is 3.16. The molecule has 0 spiro atoms. The Morgan fingerprint density at radius 1 is 0.929 bits per heavy atom. The number of aldehydes is 1. The molecule has 1 saturated carbocycles. The number of unbranched alkanes of at least 4 members (excludes halogenated alkanes) is 2. The van der Waals surface area contributed by atoms with Crippen molar-refractivity contribution in [1.29, 1.82) is 0 Å². The molecule has 70 heavy (non-hydrogen) atoms. The average molecular weight is 964 g/mol. The van der Waals surface area contributed by atoms with Gasteiger partial charge in [-0.2, -0.15) is 0 Å². The van der Waals surface area contributed by atoms with E-state index in [0.717, 1.165) is 29.5 Å². The van der Waals surface area contributed by atoms with Crippen LogP contribution in [0, 0.1) is 27.9 Å². The number of fused-ring (bicyclic) bond motifs is 2. The lowest BCUT2D eigenvalue weighted by Crippen LogP contribution is -2.70. The minimum absolute atomic E-state index is 0.0000851. The zero-order chi connectivity index (χ0) is 49.5. The number of rotatable bonds is 26. The minimum Gasteiger partial charge on any atom is -0.496 e. The summed E-state index contributed by atoms with van der Waals surface area (Å²) < 4.78 is 38.0. The molecule has 4 aromatic rings. The number of methoxy groups -OCH3 is 1. The van der Waals surface area contributed by atoms with Gasteiger partial charge in [0.15, 0.2) is 6.29 Å². The number of carbonyl (C=O) groups excluding carboxylic acids is 2. The van der Waals surface area contributed by atoms with Crippen molar-refractivity contribution in [3.8, 4) is 28.7 Å². The number of aliphatic hydroxyl groups excluding tert-OH is 3. The number of non-ortho nitro benzene ring substituents is 1. The van der Waals surface area contributed by atoms with Gasteiger partial charge in [0.05, 0.1) is 55.7 Å². The second-order valence-corrected chi connectivity index (χ2v) is 17.3. The fraction of sp³-hybridized carbons (Fsp3) is 0.415. The van der Waals surface area contributed by atoms with Gasteiger partial charge in [-0.3, -0.25) is 19.8 Å². The number of oxime groups is 1. The van der Waals surface area contributed by atoms with Crippen molar-refractivity contribution in [3.05, 3.63) is 142 Å². The molecule has 7 rings (SSSR count). The highest BCUT2D eigenvalue weighted by Crippen LogP contribution is 2.62. The molecule has 1 aliphatic heterocycles. The Balaban J connectivity index is 1.43. The summed E-state index contributed by atoms with van der Waals surface area (Å²) in [6.45, 7) is 3.84. The van der Waals surface area contributed by atoms with Gasteiger partial charge in [-0.1, -0.05) is 60.5 Å². The van der Waals surface area contributed by atoms with E-state index < -0.39 is 34.7 Å². The zero-order valence-corrected chi connectivity index (χ0v) is 39.3. The van der Waals surface area contributed by atoms with Gasteiger partial charge in [0.25, 0.3) is 5.69 Å². The fourth-order valence-corrected chi connectivity index (χ4v) is 9.97. The number of nitrogens with zero attached hydrogens (tertiary/aromatic N) is 3. The topological polar surface area (TPSA) is 218 Å². The lowest BCUT2D eigenvalue weighted by molar-refractivity contribution is -0.384. The van der Waals surface area contributed by atoms with Crippen LogP contribution in [0.1, 0.15) is 72.3 Å². The highest BCUT2D eigenvalue weighted by Gasteiger charge is 2.65. The van der Waals surface area contributed by atoms with Gasteiger partial charge in [-0.15, -0.1) is 6.58 Å². The Kier molecular flexibility index (Phi) is 18.1. The van der Waals surface area contributed by atoms with Crippen LogP contribution in [0.15, 0.2) is 120 Å². The predicted octanol–water partition coefficient (Wildman–Crippen LogP) is 8.55. The van der Waals surface area contributed by atoms with Crippen LogP contribution in [0.2, 0.25) is 0 Å². The summed E-state index contributed by atoms with van der Waals surface area (Å²) in [6, 6.07) is 24.2. The molecule has 1 fully saturated rings. The molecule has 17 nitrogen and oxygen atoms in total. The van der Waals surface area contributed by atoms with Crippen LogP contribution < -0.4 is 18.9 Å². The summed E-state index contributed by atoms with van der Waals surface area (Å²) >= 11 is 0. The van der Waals surface area contributed by atoms with Gasteiger partial charge in [0.2, 0.25) is 5.79 Å². The van der Waals surface area contributed by atoms with Gasteiger partial charge >= 0.3 is 6.09 Å². The number of benzene rings is 4. The lowest BCUT2D eigenvalue weighted by atomic mass is 9.55. The first-order valence-electron chi connectivity index (χ1n) is 23.6. The first-order chi connectivity index (χ1) is 34.2. The van der Waals surface area contributed by atoms with E-state index in [2.05, 4.69) is 12.7 Å². The number of allylic oxidation sites excluding steroid dienone is 1. The third-order valence-electron chi connectivity index (χ3n) is 13.0. The molecular formula is C53H61N3O14. The van der Waals surface area contributed by atoms with Gasteiger partial charge in [-0.05, 0) is 97.2 Å². The van der Waals surface area contributed by atoms with Gasteiger partial charge in [-0.25, -0.2) is 4.79 Å². The second kappa shape index (κ2) is 24.8. The number of nitro groups is 1. The number of aliphatic hydroxyl groups is 3. The summed E-state index contributed by atoms with van der Waals surface area (Å²) in [5, 5.41) is 46.1. The Labute approximate surface area is 407 Å². The zero-order valence-electron chi connectivity index (χ0n) is 39.3. The Morgan fingerprint density at radius 3 is 2.36 bits per heavy atom. The molecule has 4 aromatic carbocycles. The predicted molar refractivity (Wildman–Crippen MR) is 258 cm³/mol. The molecule has 17 heteroatoms. The summed E-state index contributed by atoms with van der Waals surface area (Å²) in [4.78, 5) is 45.5. The van der Waals surface area contributed by atoms with E-state index in [1.165, 1.54) is 36.3 Å². The number of carbonyl (C=O) groups is 2. The van der Waals surface area contributed by atoms with Crippen molar-refractivity contribution in [2.24, 2.45) is 22.9 Å². The monoisotopic (exact) mass is 963 g/mol. The van der Waals surface area contributed by atoms with Crippen molar-refractivity contribution in [2.45, 2.75) is 69.3 Å². The van der Waals surface area contributed by atoms with Crippen molar-refractivity contribution in [2.75, 3.05) is 53.3 Å². The standard InChI is InChI=1S/C53H61N3O14/c1-3-27-66-53-49(55(23-28-65-29-26-59)52(61)69-40-17-15-39(16-18-40)56(62)63)33-46(54-67-35-36-11-5-4-6-12-36)44-31-37(13-7-9-24-57)43(14-8-10-25-58)50(51(44)53)45-32-42(20-22-48(45)70-53)68-41-19-21-47(64-2)38(30-41)34-60/h3-6,11-12,15-22,30-32,34,37,43,49-51,57-59H,1,7-10,13-14,23-29,33,35H2,2H3. The molecule has 1 heterocycles. The third kappa shape index (κ3) is 11.9. The quantitative estimate of drug-likeness (QED) is 0.0177. The molecule has 1 amide bonds. The molecule has 372 valence electrons. The molecule has 0 radical (unpaired) electrons. The van der Waals surface area contributed by atoms with E-state index in [9.17, 15) is 35.0 Å². The highest BCUT2D eigenvalue weighted by atomic mass is 16.7. The SMILES string of the molecule is C=CCOC12Oc3ccc(Oc4ccc(OC)c(C=O)c4)cc3C3C(CCCCO)C(CCCCO)C=C(C(=NOCc4ccccc4)CC1N(CCOCCO)C(=O)Oc1ccc([N+](=O)[O-])cc1)C32. The van der Waals surface area contributed by atoms with E-state index in [0.29, 0.717) is 66.2 Å². The normalized spacial score (nSPS) is 21.6. The molecular weight excluding hydrogens is 903 g/mol. The third-order valence-corrected chi connectivity index (χ3v) is 13.0. The van der Waals surface area contributed by atoms with E-state index in [1.807, 2.05) is 36.4 Å². The van der Waals surface area contributed by atoms with Gasteiger partial charge in [0, 0.05) is 49.8 Å². The molecule has 2 aliphatic carbocycles. The van der Waals surface area contributed by atoms with Gasteiger partial charge in [0.1, 0.15) is 41.4 Å². The smallest absolute Gasteiger partial charge is 0.415 e. The molecule has 6 atom stereocenters. The summed E-state index contributed by atoms with van der Waals surface area (Å²) in [7, 11) is 1.49. The first kappa shape index (κ1) is 51.2. The van der Waals surface area contributed by atoms with E-state index >= 15 is 0 Å². The summed E-state index contributed by atoms with van der Waals surface area (Å²) in [5.74, 6) is -1.12. The Hall–Kier alpha value is -6.63. The molecule has 0 bridgehead atoms. The number of hydrogen-bond acceptors (Lipinski definition) is 15. The highest BCUT2D eigenvalue weighted by molar-refractivity contribution is 6.03. The molecule has 6 unspecified atom stereocenters. The van der Waals surface area contributed by atoms with Crippen molar-refractivity contribution < 1.29 is 63.1 Å². The van der Waals surface area contributed by atoms with Crippen molar-refractivity contribution in [3.63, 3.8) is 0 Å². The number of amides is 1. The van der Waals surface area contributed by atoms with Gasteiger partial charge < -0.3 is 48.6 Å². The largest absolute Gasteiger partial charge is 0.496 e. The molecule has 0 aromatic heterocycles. The van der Waals surface area contributed by atoms with Crippen LogP contribution in [0.3, 0.4) is 0 Å². The number of nitro benzene ring substituents is 1. The number of ether oxygens (including phenoxy) is 6. The van der Waals surface area contributed by atoms with Crippen LogP contribution in [-0.2, 0) is 20.9 Å². The van der Waals surface area contributed by atoms with E-state index in [1.54, 1.807) is 36.4 Å². The van der Waals surface area contributed by atoms with Crippen LogP contribution in [-0.4, -0.2) is 108 Å². The molecule has 3 aliphatic rings. The van der Waals surface area contributed by atoms with E-state index in [-0.39, 0.29) is 82.5 Å². The minimum atomic E-state index is -1.66. The molecule has 0 saturated heterocycles. The van der Waals surface area contributed by atoms with Crippen LogP contribution in [0.5, 0.6) is 28.7 Å². The maximum Gasteiger partial charge on any atom is 0.415 e. The number of hydrogen-bond donors (Lipinski definition) is 3. The molecule has 3 N–H and O–H groups in total. The van der Waals surface area contributed by atoms with Crippen molar-refractivity contribution >= 4 is 23.8 Å². The Bertz CT molecular complexity index is 2460. The maximum absolute atomic E-state index is 14.9. The Morgan fingerprint density at radius 2 is 1.66 bits per heavy atom. The lowest BCUT2D eigenvalue weighted by Gasteiger charge is -2.59. The summed E-state index contributed by atoms with van der Waals surface area (Å²) in [6.07, 6.45) is 7.74. The first-order valence-corrected chi connectivity index (χ1v) is 23.6.